The van der Waals surface area contributed by atoms with Gasteiger partial charge in [0.25, 0.3) is 5.91 Å². The van der Waals surface area contributed by atoms with E-state index in [0.717, 1.165) is 25.9 Å². The Balaban J connectivity index is 1.66. The monoisotopic (exact) mass is 426 g/mol. The van der Waals surface area contributed by atoms with E-state index in [9.17, 15) is 9.18 Å². The molecule has 0 bridgehead atoms. The zero-order valence-corrected chi connectivity index (χ0v) is 17.1. The number of piperidine rings is 1. The molecule has 0 unspecified atom stereocenters. The van der Waals surface area contributed by atoms with E-state index in [1.807, 2.05) is 0 Å². The van der Waals surface area contributed by atoms with E-state index >= 15 is 0 Å². The summed E-state index contributed by atoms with van der Waals surface area (Å²) in [5.74, 6) is -0.247. The molecule has 0 radical (unpaired) electrons. The van der Waals surface area contributed by atoms with E-state index in [4.69, 9.17) is 19.9 Å². The molecule has 31 heavy (non-hydrogen) atoms. The molecule has 1 fully saturated rings. The highest BCUT2D eigenvalue weighted by Crippen LogP contribution is 2.37. The highest BCUT2D eigenvalue weighted by Gasteiger charge is 2.20. The third kappa shape index (κ3) is 4.51. The molecule has 1 aromatic heterocycles. The Bertz CT molecular complexity index is 1100. The average molecular weight is 426 g/mol. The summed E-state index contributed by atoms with van der Waals surface area (Å²) in [6.07, 6.45) is 3.41. The number of carbonyl (C=O) groups is 1. The number of primary amides is 1. The van der Waals surface area contributed by atoms with Crippen LogP contribution in [0, 0.1) is 11.7 Å². The van der Waals surface area contributed by atoms with Crippen LogP contribution in [0.2, 0.25) is 0 Å². The van der Waals surface area contributed by atoms with Crippen molar-refractivity contribution in [2.24, 2.45) is 11.7 Å². The Morgan fingerprint density at radius 3 is 2.77 bits per heavy atom. The van der Waals surface area contributed by atoms with E-state index < -0.39 is 11.7 Å². The summed E-state index contributed by atoms with van der Waals surface area (Å²) in [5.41, 5.74) is 5.80. The first-order valence-corrected chi connectivity index (χ1v) is 9.99. The van der Waals surface area contributed by atoms with Gasteiger partial charge < -0.3 is 25.3 Å². The number of ether oxygens (including phenoxy) is 3. The van der Waals surface area contributed by atoms with E-state index in [0.29, 0.717) is 34.9 Å². The van der Waals surface area contributed by atoms with E-state index in [2.05, 4.69) is 15.3 Å². The number of hydrogen-bond donors (Lipinski definition) is 2. The first-order chi connectivity index (χ1) is 15.1. The summed E-state index contributed by atoms with van der Waals surface area (Å²) >= 11 is 0. The SMILES string of the molecule is COc1cc2c(Oc3c(F)cccc3C(N)=O)ncnc2cc1OCC1CCNCC1. The molecule has 0 spiro atoms. The van der Waals surface area contributed by atoms with Crippen molar-refractivity contribution >= 4 is 16.8 Å². The predicted molar refractivity (Wildman–Crippen MR) is 112 cm³/mol. The number of nitrogens with zero attached hydrogens (tertiary/aromatic N) is 2. The van der Waals surface area contributed by atoms with E-state index in [-0.39, 0.29) is 17.2 Å². The lowest BCUT2D eigenvalue weighted by Crippen LogP contribution is -2.30. The molecule has 0 aliphatic carbocycles. The first-order valence-electron chi connectivity index (χ1n) is 9.99. The topological polar surface area (TPSA) is 109 Å². The number of methoxy groups -OCH3 is 1. The minimum Gasteiger partial charge on any atom is -0.493 e. The second-order valence-electron chi connectivity index (χ2n) is 7.29. The Kier molecular flexibility index (Phi) is 6.13. The molecule has 0 atom stereocenters. The summed E-state index contributed by atoms with van der Waals surface area (Å²) in [4.78, 5) is 20.1. The smallest absolute Gasteiger partial charge is 0.252 e. The maximum Gasteiger partial charge on any atom is 0.252 e. The van der Waals surface area contributed by atoms with Gasteiger partial charge in [-0.2, -0.15) is 0 Å². The van der Waals surface area contributed by atoms with Crippen molar-refractivity contribution < 1.29 is 23.4 Å². The second kappa shape index (κ2) is 9.13. The van der Waals surface area contributed by atoms with Crippen LogP contribution >= 0.6 is 0 Å². The van der Waals surface area contributed by atoms with Crippen molar-refractivity contribution in [2.75, 3.05) is 26.8 Å². The minimum absolute atomic E-state index is 0.0702. The molecule has 4 rings (SSSR count). The third-order valence-corrected chi connectivity index (χ3v) is 5.25. The number of para-hydroxylation sites is 1. The van der Waals surface area contributed by atoms with Crippen LogP contribution in [0.5, 0.6) is 23.1 Å². The van der Waals surface area contributed by atoms with Gasteiger partial charge in [-0.05, 0) is 50.0 Å². The predicted octanol–water partition coefficient (Wildman–Crippen LogP) is 3.05. The Morgan fingerprint density at radius 1 is 1.23 bits per heavy atom. The number of rotatable bonds is 7. The van der Waals surface area contributed by atoms with Crippen LogP contribution in [0.25, 0.3) is 10.9 Å². The van der Waals surface area contributed by atoms with Crippen molar-refractivity contribution in [3.8, 4) is 23.1 Å². The molecule has 2 heterocycles. The molecule has 3 aromatic rings. The number of nitrogens with two attached hydrogens (primary N) is 1. The lowest BCUT2D eigenvalue weighted by Gasteiger charge is -2.23. The number of halogens is 1. The molecule has 2 aromatic carbocycles. The van der Waals surface area contributed by atoms with Gasteiger partial charge >= 0.3 is 0 Å². The summed E-state index contributed by atoms with van der Waals surface area (Å²) in [5, 5.41) is 3.81. The summed E-state index contributed by atoms with van der Waals surface area (Å²) in [6, 6.07) is 7.36. The molecule has 9 heteroatoms. The summed E-state index contributed by atoms with van der Waals surface area (Å²) < 4.78 is 31.6. The van der Waals surface area contributed by atoms with Crippen LogP contribution in [0.4, 0.5) is 4.39 Å². The van der Waals surface area contributed by atoms with Gasteiger partial charge in [0.05, 0.1) is 30.2 Å². The highest BCUT2D eigenvalue weighted by atomic mass is 19.1. The van der Waals surface area contributed by atoms with Gasteiger partial charge in [-0.15, -0.1) is 0 Å². The second-order valence-corrected chi connectivity index (χ2v) is 7.29. The number of carbonyl (C=O) groups excluding carboxylic acids is 1. The van der Waals surface area contributed by atoms with Crippen molar-refractivity contribution in [1.82, 2.24) is 15.3 Å². The molecular formula is C22H23FN4O4. The van der Waals surface area contributed by atoms with Crippen molar-refractivity contribution in [3.63, 3.8) is 0 Å². The van der Waals surface area contributed by atoms with Gasteiger partial charge in [-0.1, -0.05) is 6.07 Å². The number of hydrogen-bond acceptors (Lipinski definition) is 7. The molecule has 1 aliphatic heterocycles. The van der Waals surface area contributed by atoms with Crippen LogP contribution in [-0.2, 0) is 0 Å². The largest absolute Gasteiger partial charge is 0.493 e. The quantitative estimate of drug-likeness (QED) is 0.598. The number of amides is 1. The fourth-order valence-electron chi connectivity index (χ4n) is 3.55. The lowest BCUT2D eigenvalue weighted by molar-refractivity contribution is 0.0997. The Morgan fingerprint density at radius 2 is 2.03 bits per heavy atom. The first kappa shape index (κ1) is 20.8. The van der Waals surface area contributed by atoms with Gasteiger partial charge in [0, 0.05) is 6.07 Å². The molecule has 0 saturated carbocycles. The number of nitrogens with one attached hydrogen (secondary N) is 1. The molecule has 1 aliphatic rings. The van der Waals surface area contributed by atoms with Crippen molar-refractivity contribution in [1.29, 1.82) is 0 Å². The van der Waals surface area contributed by atoms with E-state index in [1.54, 1.807) is 12.1 Å². The summed E-state index contributed by atoms with van der Waals surface area (Å²) in [7, 11) is 1.53. The zero-order valence-electron chi connectivity index (χ0n) is 17.1. The Hall–Kier alpha value is -3.46. The van der Waals surface area contributed by atoms with Gasteiger partial charge in [-0.25, -0.2) is 14.4 Å². The van der Waals surface area contributed by atoms with Gasteiger partial charge in [-0.3, -0.25) is 4.79 Å². The van der Waals surface area contributed by atoms with Crippen LogP contribution in [-0.4, -0.2) is 42.7 Å². The van der Waals surface area contributed by atoms with E-state index in [1.165, 1.54) is 31.6 Å². The van der Waals surface area contributed by atoms with Crippen molar-refractivity contribution in [3.05, 3.63) is 48.0 Å². The van der Waals surface area contributed by atoms with Crippen LogP contribution in [0.3, 0.4) is 0 Å². The van der Waals surface area contributed by atoms with Crippen LogP contribution in [0.15, 0.2) is 36.7 Å². The zero-order chi connectivity index (χ0) is 21.8. The number of fused-ring (bicyclic) bond motifs is 1. The Labute approximate surface area is 178 Å². The van der Waals surface area contributed by atoms with Gasteiger partial charge in [0.15, 0.2) is 23.1 Å². The lowest BCUT2D eigenvalue weighted by atomic mass is 9.99. The van der Waals surface area contributed by atoms with Crippen LogP contribution < -0.4 is 25.3 Å². The molecule has 1 amide bonds. The molecule has 162 valence electrons. The number of benzene rings is 2. The molecule has 8 nitrogen and oxygen atoms in total. The molecular weight excluding hydrogens is 403 g/mol. The summed E-state index contributed by atoms with van der Waals surface area (Å²) in [6.45, 7) is 2.55. The fraction of sp³-hybridized carbons (Fsp3) is 0.318. The average Bonchev–Trinajstić information content (AvgIpc) is 2.79. The normalized spacial score (nSPS) is 14.4. The number of aromatic nitrogens is 2. The minimum atomic E-state index is -0.806. The van der Waals surface area contributed by atoms with Gasteiger partial charge in [0.1, 0.15) is 6.33 Å². The van der Waals surface area contributed by atoms with Crippen molar-refractivity contribution in [2.45, 2.75) is 12.8 Å². The highest BCUT2D eigenvalue weighted by molar-refractivity contribution is 5.96. The van der Waals surface area contributed by atoms with Gasteiger partial charge in [0.2, 0.25) is 5.88 Å². The standard InChI is InChI=1S/C22H23FN4O4/c1-29-18-9-15-17(10-19(18)30-11-13-5-7-25-8-6-13)26-12-27-22(15)31-20-14(21(24)28)3-2-4-16(20)23/h2-4,9-10,12-13,25H,5-8,11H2,1H3,(H2,24,28). The molecule has 1 saturated heterocycles. The fourth-order valence-corrected chi connectivity index (χ4v) is 3.55. The third-order valence-electron chi connectivity index (χ3n) is 5.25. The maximum atomic E-state index is 14.4. The maximum absolute atomic E-state index is 14.4. The van der Waals surface area contributed by atoms with Crippen LogP contribution in [0.1, 0.15) is 23.2 Å². The molecule has 3 N–H and O–H groups in total.